The predicted octanol–water partition coefficient (Wildman–Crippen LogP) is 1.01. The van der Waals surface area contributed by atoms with Crippen LogP contribution < -0.4 is 14.8 Å². The SMILES string of the molecule is COc1ccc(OC)c(C2CCNC(=O)C2C(=O)O)c1. The monoisotopic (exact) mass is 279 g/mol. The van der Waals surface area contributed by atoms with Crippen molar-refractivity contribution in [3.05, 3.63) is 23.8 Å². The van der Waals surface area contributed by atoms with Gasteiger partial charge in [-0.1, -0.05) is 0 Å². The van der Waals surface area contributed by atoms with Crippen LogP contribution in [0.15, 0.2) is 18.2 Å². The minimum atomic E-state index is -1.13. The van der Waals surface area contributed by atoms with Gasteiger partial charge in [-0.2, -0.15) is 0 Å². The number of carboxylic acid groups (broad SMARTS) is 1. The summed E-state index contributed by atoms with van der Waals surface area (Å²) >= 11 is 0. The third-order valence-corrected chi connectivity index (χ3v) is 3.54. The van der Waals surface area contributed by atoms with Crippen LogP contribution in [0.2, 0.25) is 0 Å². The number of carboxylic acids is 1. The van der Waals surface area contributed by atoms with Gasteiger partial charge in [0.2, 0.25) is 5.91 Å². The van der Waals surface area contributed by atoms with Crippen molar-refractivity contribution in [1.82, 2.24) is 5.32 Å². The molecular weight excluding hydrogens is 262 g/mol. The van der Waals surface area contributed by atoms with Crippen LogP contribution in [0.5, 0.6) is 11.5 Å². The molecule has 1 heterocycles. The van der Waals surface area contributed by atoms with E-state index in [2.05, 4.69) is 5.32 Å². The summed E-state index contributed by atoms with van der Waals surface area (Å²) in [5.74, 6) is -1.94. The van der Waals surface area contributed by atoms with Crippen LogP contribution in [0.25, 0.3) is 0 Å². The number of methoxy groups -OCH3 is 2. The molecule has 0 radical (unpaired) electrons. The van der Waals surface area contributed by atoms with Gasteiger partial charge in [-0.25, -0.2) is 0 Å². The number of hydrogen-bond donors (Lipinski definition) is 2. The van der Waals surface area contributed by atoms with E-state index in [1.807, 2.05) is 0 Å². The molecular formula is C14H17NO5. The van der Waals surface area contributed by atoms with Gasteiger partial charge in [0.05, 0.1) is 14.2 Å². The van der Waals surface area contributed by atoms with Crippen molar-refractivity contribution < 1.29 is 24.2 Å². The first kappa shape index (κ1) is 14.2. The number of piperidine rings is 1. The maximum Gasteiger partial charge on any atom is 0.316 e. The van der Waals surface area contributed by atoms with E-state index >= 15 is 0 Å². The normalized spacial score (nSPS) is 22.0. The number of hydrogen-bond acceptors (Lipinski definition) is 4. The number of ether oxygens (including phenoxy) is 2. The maximum absolute atomic E-state index is 11.8. The molecule has 0 spiro atoms. The number of carbonyl (C=O) groups is 2. The molecule has 108 valence electrons. The second kappa shape index (κ2) is 5.81. The number of benzene rings is 1. The van der Waals surface area contributed by atoms with Gasteiger partial charge in [-0.15, -0.1) is 0 Å². The number of nitrogens with one attached hydrogen (secondary N) is 1. The number of amides is 1. The topological polar surface area (TPSA) is 84.9 Å². The fourth-order valence-corrected chi connectivity index (χ4v) is 2.56. The fraction of sp³-hybridized carbons (Fsp3) is 0.429. The van der Waals surface area contributed by atoms with Gasteiger partial charge in [0.1, 0.15) is 17.4 Å². The molecule has 1 amide bonds. The molecule has 20 heavy (non-hydrogen) atoms. The summed E-state index contributed by atoms with van der Waals surface area (Å²) in [7, 11) is 3.05. The Labute approximate surface area is 116 Å². The van der Waals surface area contributed by atoms with Crippen molar-refractivity contribution in [3.63, 3.8) is 0 Å². The molecule has 0 aromatic heterocycles. The molecule has 1 fully saturated rings. The van der Waals surface area contributed by atoms with Crippen molar-refractivity contribution in [2.75, 3.05) is 20.8 Å². The lowest BCUT2D eigenvalue weighted by Crippen LogP contribution is -2.44. The lowest BCUT2D eigenvalue weighted by atomic mass is 9.80. The molecule has 0 bridgehead atoms. The quantitative estimate of drug-likeness (QED) is 0.803. The molecule has 2 N–H and O–H groups in total. The highest BCUT2D eigenvalue weighted by Crippen LogP contribution is 2.38. The second-order valence-electron chi connectivity index (χ2n) is 4.61. The van der Waals surface area contributed by atoms with E-state index in [9.17, 15) is 14.7 Å². The highest BCUT2D eigenvalue weighted by molar-refractivity contribution is 5.98. The van der Waals surface area contributed by atoms with E-state index in [4.69, 9.17) is 9.47 Å². The average Bonchev–Trinajstić information content (AvgIpc) is 2.45. The summed E-state index contributed by atoms with van der Waals surface area (Å²) < 4.78 is 10.4. The van der Waals surface area contributed by atoms with E-state index in [0.29, 0.717) is 30.0 Å². The summed E-state index contributed by atoms with van der Waals surface area (Å²) in [6.07, 6.45) is 0.548. The number of aliphatic carboxylic acids is 1. The standard InChI is InChI=1S/C14H17NO5/c1-19-8-3-4-11(20-2)10(7-8)9-5-6-15-13(16)12(9)14(17)18/h3-4,7,9,12H,5-6H2,1-2H3,(H,15,16)(H,17,18). The first-order valence-electron chi connectivity index (χ1n) is 6.31. The third-order valence-electron chi connectivity index (χ3n) is 3.54. The Kier molecular flexibility index (Phi) is 4.12. The lowest BCUT2D eigenvalue weighted by molar-refractivity contribution is -0.149. The van der Waals surface area contributed by atoms with Crippen LogP contribution in [0, 0.1) is 5.92 Å². The van der Waals surface area contributed by atoms with Crippen molar-refractivity contribution in [1.29, 1.82) is 0 Å². The Morgan fingerprint density at radius 2 is 2.10 bits per heavy atom. The van der Waals surface area contributed by atoms with Crippen LogP contribution in [0.3, 0.4) is 0 Å². The van der Waals surface area contributed by atoms with Crippen molar-refractivity contribution in [2.45, 2.75) is 12.3 Å². The Balaban J connectivity index is 2.46. The molecule has 2 unspecified atom stereocenters. The van der Waals surface area contributed by atoms with Crippen LogP contribution >= 0.6 is 0 Å². The van der Waals surface area contributed by atoms with E-state index in [-0.39, 0.29) is 0 Å². The largest absolute Gasteiger partial charge is 0.497 e. The second-order valence-corrected chi connectivity index (χ2v) is 4.61. The molecule has 6 heteroatoms. The summed E-state index contributed by atoms with van der Waals surface area (Å²) in [6, 6.07) is 5.19. The zero-order valence-corrected chi connectivity index (χ0v) is 11.4. The highest BCUT2D eigenvalue weighted by Gasteiger charge is 2.39. The van der Waals surface area contributed by atoms with Crippen LogP contribution in [0.1, 0.15) is 17.9 Å². The fourth-order valence-electron chi connectivity index (χ4n) is 2.56. The maximum atomic E-state index is 11.8. The molecule has 2 rings (SSSR count). The molecule has 1 aromatic carbocycles. The van der Waals surface area contributed by atoms with Crippen LogP contribution in [-0.2, 0) is 9.59 Å². The number of carbonyl (C=O) groups excluding carboxylic acids is 1. The first-order chi connectivity index (χ1) is 9.58. The van der Waals surface area contributed by atoms with Crippen molar-refractivity contribution in [3.8, 4) is 11.5 Å². The molecule has 1 aliphatic heterocycles. The van der Waals surface area contributed by atoms with Gasteiger partial charge in [0.25, 0.3) is 0 Å². The van der Waals surface area contributed by atoms with E-state index in [1.165, 1.54) is 14.2 Å². The molecule has 2 atom stereocenters. The highest BCUT2D eigenvalue weighted by atomic mass is 16.5. The van der Waals surface area contributed by atoms with Gasteiger partial charge in [0.15, 0.2) is 0 Å². The zero-order chi connectivity index (χ0) is 14.7. The summed E-state index contributed by atoms with van der Waals surface area (Å²) in [6.45, 7) is 0.452. The number of rotatable bonds is 4. The van der Waals surface area contributed by atoms with Crippen LogP contribution in [-0.4, -0.2) is 37.7 Å². The molecule has 0 saturated carbocycles. The Bertz CT molecular complexity index is 528. The summed E-state index contributed by atoms with van der Waals surface area (Å²) in [5, 5.41) is 11.9. The van der Waals surface area contributed by atoms with Crippen LogP contribution in [0.4, 0.5) is 0 Å². The molecule has 1 saturated heterocycles. The smallest absolute Gasteiger partial charge is 0.316 e. The van der Waals surface area contributed by atoms with Gasteiger partial charge in [-0.3, -0.25) is 9.59 Å². The molecule has 0 aliphatic carbocycles. The Hall–Kier alpha value is -2.24. The van der Waals surface area contributed by atoms with Gasteiger partial charge < -0.3 is 19.9 Å². The first-order valence-corrected chi connectivity index (χ1v) is 6.31. The Morgan fingerprint density at radius 3 is 2.70 bits per heavy atom. The molecule has 6 nitrogen and oxygen atoms in total. The van der Waals surface area contributed by atoms with Crippen molar-refractivity contribution >= 4 is 11.9 Å². The third kappa shape index (κ3) is 2.54. The van der Waals surface area contributed by atoms with E-state index in [0.717, 1.165) is 0 Å². The molecule has 1 aliphatic rings. The zero-order valence-electron chi connectivity index (χ0n) is 11.4. The Morgan fingerprint density at radius 1 is 1.35 bits per heavy atom. The van der Waals surface area contributed by atoms with E-state index < -0.39 is 23.7 Å². The van der Waals surface area contributed by atoms with Gasteiger partial charge in [-0.05, 0) is 24.6 Å². The predicted molar refractivity (Wildman–Crippen MR) is 71.0 cm³/mol. The summed E-state index contributed by atoms with van der Waals surface area (Å²) in [5.41, 5.74) is 0.689. The van der Waals surface area contributed by atoms with Gasteiger partial charge in [0, 0.05) is 18.0 Å². The molecule has 1 aromatic rings. The van der Waals surface area contributed by atoms with E-state index in [1.54, 1.807) is 18.2 Å². The van der Waals surface area contributed by atoms with Crippen molar-refractivity contribution in [2.24, 2.45) is 5.92 Å². The summed E-state index contributed by atoms with van der Waals surface area (Å²) in [4.78, 5) is 23.2. The lowest BCUT2D eigenvalue weighted by Gasteiger charge is -2.29. The average molecular weight is 279 g/mol. The van der Waals surface area contributed by atoms with Gasteiger partial charge >= 0.3 is 5.97 Å². The minimum absolute atomic E-state index is 0.425. The minimum Gasteiger partial charge on any atom is -0.497 e.